The quantitative estimate of drug-likeness (QED) is 0.707. The van der Waals surface area contributed by atoms with E-state index in [1.807, 2.05) is 12.1 Å². The molecule has 0 fully saturated rings. The first-order valence-electron chi connectivity index (χ1n) is 8.19. The number of carbonyl (C=O) groups excluding carboxylic acids is 1. The molecule has 1 aliphatic rings. The Balaban J connectivity index is 1.68. The van der Waals surface area contributed by atoms with Crippen molar-refractivity contribution < 1.29 is 24.2 Å². The van der Waals surface area contributed by atoms with Gasteiger partial charge in [0, 0.05) is 22.7 Å². The molecule has 1 aliphatic heterocycles. The Morgan fingerprint density at radius 3 is 2.33 bits per heavy atom. The van der Waals surface area contributed by atoms with Crippen LogP contribution in [-0.4, -0.2) is 30.2 Å². The van der Waals surface area contributed by atoms with Gasteiger partial charge in [0.2, 0.25) is 0 Å². The average Bonchev–Trinajstić information content (AvgIpc) is 2.66. The second kappa shape index (κ2) is 6.81. The zero-order chi connectivity index (χ0) is 19.0. The number of carbonyl (C=O) groups is 2. The number of amides is 1. The number of rotatable bonds is 3. The summed E-state index contributed by atoms with van der Waals surface area (Å²) in [4.78, 5) is 24.2. The summed E-state index contributed by atoms with van der Waals surface area (Å²) in [7, 11) is 0. The summed E-state index contributed by atoms with van der Waals surface area (Å²) in [6.45, 7) is 0.707. The van der Waals surface area contributed by atoms with E-state index in [0.29, 0.717) is 35.3 Å². The van der Waals surface area contributed by atoms with Crippen LogP contribution in [0, 0.1) is 0 Å². The number of hydrogen-bond acceptors (Lipinski definition) is 4. The van der Waals surface area contributed by atoms with E-state index in [2.05, 4.69) is 5.32 Å². The zero-order valence-electron chi connectivity index (χ0n) is 14.0. The lowest BCUT2D eigenvalue weighted by molar-refractivity contribution is 0.0697. The van der Waals surface area contributed by atoms with Gasteiger partial charge in [-0.3, -0.25) is 4.79 Å². The Kier molecular flexibility index (Phi) is 4.33. The lowest BCUT2D eigenvalue weighted by Gasteiger charge is -2.20. The molecule has 136 valence electrons. The van der Waals surface area contributed by atoms with Crippen molar-refractivity contribution in [3.8, 4) is 11.5 Å². The maximum Gasteiger partial charge on any atom is 0.337 e. The fourth-order valence-corrected chi connectivity index (χ4v) is 3.10. The number of aromatic carboxylic acids is 1. The Morgan fingerprint density at radius 2 is 1.59 bits per heavy atom. The first-order chi connectivity index (χ1) is 13.0. The van der Waals surface area contributed by atoms with Crippen LogP contribution in [-0.2, 0) is 0 Å². The van der Waals surface area contributed by atoms with E-state index in [-0.39, 0.29) is 11.3 Å². The first-order valence-corrected chi connectivity index (χ1v) is 8.57. The van der Waals surface area contributed by atoms with E-state index in [9.17, 15) is 14.7 Å². The Labute approximate surface area is 159 Å². The predicted molar refractivity (Wildman–Crippen MR) is 101 cm³/mol. The van der Waals surface area contributed by atoms with E-state index < -0.39 is 11.9 Å². The fraction of sp³-hybridized carbons (Fsp3) is 0.100. The molecule has 0 aromatic heterocycles. The highest BCUT2D eigenvalue weighted by atomic mass is 35.5. The third-order valence-corrected chi connectivity index (χ3v) is 4.46. The molecule has 1 amide bonds. The molecule has 0 radical (unpaired) electrons. The van der Waals surface area contributed by atoms with Gasteiger partial charge >= 0.3 is 5.97 Å². The van der Waals surface area contributed by atoms with Gasteiger partial charge in [-0.05, 0) is 35.0 Å². The van der Waals surface area contributed by atoms with Crippen LogP contribution in [0.4, 0.5) is 5.69 Å². The molecule has 0 aliphatic carbocycles. The molecule has 4 rings (SSSR count). The Hall–Kier alpha value is -3.25. The number of benzene rings is 3. The number of carboxylic acid groups (broad SMARTS) is 1. The summed E-state index contributed by atoms with van der Waals surface area (Å²) in [6.07, 6.45) is 0. The van der Waals surface area contributed by atoms with Gasteiger partial charge < -0.3 is 19.9 Å². The lowest BCUT2D eigenvalue weighted by Crippen LogP contribution is -2.19. The average molecular weight is 384 g/mol. The van der Waals surface area contributed by atoms with Crippen molar-refractivity contribution in [1.82, 2.24) is 0 Å². The van der Waals surface area contributed by atoms with E-state index in [4.69, 9.17) is 21.1 Å². The van der Waals surface area contributed by atoms with E-state index >= 15 is 0 Å². The van der Waals surface area contributed by atoms with Gasteiger partial charge in [0.15, 0.2) is 11.5 Å². The van der Waals surface area contributed by atoms with Crippen LogP contribution in [0.5, 0.6) is 11.5 Å². The molecular weight excluding hydrogens is 370 g/mol. The maximum atomic E-state index is 12.7. The summed E-state index contributed by atoms with van der Waals surface area (Å²) in [5.74, 6) is -0.851. The predicted octanol–water partition coefficient (Wildman–Crippen LogP) is 4.21. The minimum absolute atomic E-state index is 0.0693. The van der Waals surface area contributed by atoms with Crippen molar-refractivity contribution in [3.05, 3.63) is 64.7 Å². The highest BCUT2D eigenvalue weighted by Crippen LogP contribution is 2.36. The molecule has 0 atom stereocenters. The molecule has 2 N–H and O–H groups in total. The Bertz CT molecular complexity index is 1080. The normalized spacial score (nSPS) is 12.6. The summed E-state index contributed by atoms with van der Waals surface area (Å²) >= 11 is 5.98. The third kappa shape index (κ3) is 3.39. The highest BCUT2D eigenvalue weighted by molar-refractivity contribution is 6.31. The molecule has 1 heterocycles. The van der Waals surface area contributed by atoms with Gasteiger partial charge in [-0.1, -0.05) is 23.7 Å². The SMILES string of the molecule is O=C(Nc1cc2c(cc1C(=O)O)OCCO2)c1ccc2cc(Cl)ccc2c1. The van der Waals surface area contributed by atoms with Crippen molar-refractivity contribution >= 4 is 39.9 Å². The molecule has 0 spiro atoms. The fourth-order valence-electron chi connectivity index (χ4n) is 2.92. The largest absolute Gasteiger partial charge is 0.486 e. The maximum absolute atomic E-state index is 12.7. The van der Waals surface area contributed by atoms with Crippen molar-refractivity contribution in [3.63, 3.8) is 0 Å². The van der Waals surface area contributed by atoms with Crippen LogP contribution >= 0.6 is 11.6 Å². The van der Waals surface area contributed by atoms with Gasteiger partial charge in [0.05, 0.1) is 11.3 Å². The van der Waals surface area contributed by atoms with E-state index in [1.54, 1.807) is 24.3 Å². The standard InChI is InChI=1S/C20H14ClNO5/c21-14-4-3-11-7-13(2-1-12(11)8-14)19(23)22-16-10-18-17(26-5-6-27-18)9-15(16)20(24)25/h1-4,7-10H,5-6H2,(H,22,23)(H,24,25). The molecule has 0 saturated carbocycles. The third-order valence-electron chi connectivity index (χ3n) is 4.23. The van der Waals surface area contributed by atoms with Crippen LogP contribution in [0.3, 0.4) is 0 Å². The number of nitrogens with one attached hydrogen (secondary N) is 1. The van der Waals surface area contributed by atoms with Crippen molar-refractivity contribution in [2.45, 2.75) is 0 Å². The van der Waals surface area contributed by atoms with Gasteiger partial charge in [-0.2, -0.15) is 0 Å². The zero-order valence-corrected chi connectivity index (χ0v) is 14.7. The second-order valence-corrected chi connectivity index (χ2v) is 6.44. The van der Waals surface area contributed by atoms with E-state index in [1.165, 1.54) is 12.1 Å². The second-order valence-electron chi connectivity index (χ2n) is 6.01. The van der Waals surface area contributed by atoms with Crippen LogP contribution in [0.2, 0.25) is 5.02 Å². The van der Waals surface area contributed by atoms with Crippen LogP contribution in [0.15, 0.2) is 48.5 Å². The summed E-state index contributed by atoms with van der Waals surface area (Å²) in [6, 6.07) is 13.4. The topological polar surface area (TPSA) is 84.9 Å². The molecule has 0 saturated heterocycles. The molecule has 0 unspecified atom stereocenters. The van der Waals surface area contributed by atoms with Crippen molar-refractivity contribution in [2.24, 2.45) is 0 Å². The Morgan fingerprint density at radius 1 is 0.926 bits per heavy atom. The molecule has 7 heteroatoms. The molecule has 6 nitrogen and oxygen atoms in total. The van der Waals surface area contributed by atoms with Crippen molar-refractivity contribution in [2.75, 3.05) is 18.5 Å². The van der Waals surface area contributed by atoms with Crippen LogP contribution in [0.1, 0.15) is 20.7 Å². The minimum atomic E-state index is -1.17. The molecule has 3 aromatic rings. The monoisotopic (exact) mass is 383 g/mol. The number of carboxylic acids is 1. The number of anilines is 1. The van der Waals surface area contributed by atoms with Crippen molar-refractivity contribution in [1.29, 1.82) is 0 Å². The summed E-state index contributed by atoms with van der Waals surface area (Å²) in [5, 5.41) is 14.5. The highest BCUT2D eigenvalue weighted by Gasteiger charge is 2.21. The number of halogens is 1. The minimum Gasteiger partial charge on any atom is -0.486 e. The molecule has 3 aromatic carbocycles. The smallest absolute Gasteiger partial charge is 0.337 e. The summed E-state index contributed by atoms with van der Waals surface area (Å²) in [5.41, 5.74) is 0.476. The molecule has 0 bridgehead atoms. The van der Waals surface area contributed by atoms with Gasteiger partial charge in [-0.25, -0.2) is 4.79 Å². The van der Waals surface area contributed by atoms with E-state index in [0.717, 1.165) is 10.8 Å². The van der Waals surface area contributed by atoms with Gasteiger partial charge in [0.1, 0.15) is 13.2 Å². The lowest BCUT2D eigenvalue weighted by atomic mass is 10.1. The molecule has 27 heavy (non-hydrogen) atoms. The van der Waals surface area contributed by atoms with Gasteiger partial charge in [-0.15, -0.1) is 0 Å². The number of ether oxygens (including phenoxy) is 2. The summed E-state index contributed by atoms with van der Waals surface area (Å²) < 4.78 is 10.9. The molecular formula is C20H14ClNO5. The number of fused-ring (bicyclic) bond motifs is 2. The van der Waals surface area contributed by atoms with Crippen LogP contribution in [0.25, 0.3) is 10.8 Å². The number of hydrogen-bond donors (Lipinski definition) is 2. The first kappa shape index (κ1) is 17.2. The van der Waals surface area contributed by atoms with Gasteiger partial charge in [0.25, 0.3) is 5.91 Å². The van der Waals surface area contributed by atoms with Crippen LogP contribution < -0.4 is 14.8 Å².